The Morgan fingerprint density at radius 3 is 2.89 bits per heavy atom. The number of hydrogen-bond donors (Lipinski definition) is 2. The summed E-state index contributed by atoms with van der Waals surface area (Å²) >= 11 is 0. The molecule has 0 spiro atoms. The molecule has 0 bridgehead atoms. The zero-order valence-corrected chi connectivity index (χ0v) is 5.18. The Labute approximate surface area is 53.9 Å². The molecule has 1 fully saturated rings. The van der Waals surface area contributed by atoms with Crippen molar-refractivity contribution in [1.29, 1.82) is 0 Å². The third kappa shape index (κ3) is 1.29. The number of nitrogens with two attached hydrogens (primary N) is 1. The van der Waals surface area contributed by atoms with Crippen molar-refractivity contribution in [3.8, 4) is 0 Å². The minimum atomic E-state index is -0.0392. The molecule has 1 unspecified atom stereocenters. The summed E-state index contributed by atoms with van der Waals surface area (Å²) < 4.78 is 0. The first-order chi connectivity index (χ1) is 4.20. The van der Waals surface area contributed by atoms with E-state index < -0.39 is 0 Å². The van der Waals surface area contributed by atoms with Gasteiger partial charge in [-0.2, -0.15) is 0 Å². The molecule has 0 aromatic rings. The van der Waals surface area contributed by atoms with Crippen LogP contribution in [0.15, 0.2) is 12.3 Å². The molecular weight excluding hydrogens is 116 g/mol. The Morgan fingerprint density at radius 2 is 2.44 bits per heavy atom. The number of amides is 1. The number of carbonyl (C=O) groups is 1. The molecule has 3 N–H and O–H groups in total. The predicted octanol–water partition coefficient (Wildman–Crippen LogP) is -0.263. The summed E-state index contributed by atoms with van der Waals surface area (Å²) in [5.41, 5.74) is 6.17. The molecule has 1 heterocycles. The minimum Gasteiger partial charge on any atom is -0.329 e. The largest absolute Gasteiger partial charge is 0.329 e. The molecular formula is C6H10N2O. The van der Waals surface area contributed by atoms with Crippen LogP contribution in [0.3, 0.4) is 0 Å². The van der Waals surface area contributed by atoms with Crippen LogP contribution in [0, 0.1) is 0 Å². The highest BCUT2D eigenvalue weighted by Crippen LogP contribution is 2.07. The summed E-state index contributed by atoms with van der Waals surface area (Å²) in [4.78, 5) is 10.6. The second-order valence-corrected chi connectivity index (χ2v) is 2.22. The van der Waals surface area contributed by atoms with Crippen LogP contribution in [-0.2, 0) is 4.79 Å². The maximum Gasteiger partial charge on any atom is 0.224 e. The Kier molecular flexibility index (Phi) is 1.53. The van der Waals surface area contributed by atoms with Gasteiger partial charge in [-0.15, -0.1) is 0 Å². The molecule has 1 aliphatic heterocycles. The maximum absolute atomic E-state index is 10.6. The Morgan fingerprint density at radius 1 is 1.78 bits per heavy atom. The van der Waals surface area contributed by atoms with E-state index in [2.05, 4.69) is 11.9 Å². The van der Waals surface area contributed by atoms with Crippen molar-refractivity contribution in [1.82, 2.24) is 5.32 Å². The van der Waals surface area contributed by atoms with E-state index in [0.717, 1.165) is 6.42 Å². The van der Waals surface area contributed by atoms with Gasteiger partial charge in [0, 0.05) is 18.2 Å². The molecule has 1 aliphatic rings. The molecule has 0 aromatic carbocycles. The summed E-state index contributed by atoms with van der Waals surface area (Å²) in [5.74, 6) is 0.0294. The molecule has 1 rings (SSSR count). The smallest absolute Gasteiger partial charge is 0.224 e. The average molecular weight is 126 g/mol. The van der Waals surface area contributed by atoms with Gasteiger partial charge in [0.2, 0.25) is 5.91 Å². The van der Waals surface area contributed by atoms with Gasteiger partial charge in [0.1, 0.15) is 0 Å². The number of rotatable bonds is 0. The van der Waals surface area contributed by atoms with E-state index >= 15 is 0 Å². The van der Waals surface area contributed by atoms with Crippen molar-refractivity contribution in [2.24, 2.45) is 5.73 Å². The third-order valence-corrected chi connectivity index (χ3v) is 1.43. The van der Waals surface area contributed by atoms with Gasteiger partial charge in [0.05, 0.1) is 0 Å². The quantitative estimate of drug-likeness (QED) is 0.469. The van der Waals surface area contributed by atoms with E-state index in [1.807, 2.05) is 0 Å². The van der Waals surface area contributed by atoms with E-state index in [-0.39, 0.29) is 11.9 Å². The van der Waals surface area contributed by atoms with E-state index in [1.165, 1.54) is 0 Å². The molecule has 50 valence electrons. The van der Waals surface area contributed by atoms with Gasteiger partial charge < -0.3 is 11.1 Å². The van der Waals surface area contributed by atoms with Crippen LogP contribution < -0.4 is 11.1 Å². The zero-order chi connectivity index (χ0) is 6.85. The fraction of sp³-hybridized carbons (Fsp3) is 0.500. The third-order valence-electron chi connectivity index (χ3n) is 1.43. The molecule has 0 aromatic heterocycles. The minimum absolute atomic E-state index is 0.0294. The first-order valence-corrected chi connectivity index (χ1v) is 2.94. The lowest BCUT2D eigenvalue weighted by molar-refractivity contribution is -0.121. The van der Waals surface area contributed by atoms with Gasteiger partial charge in [-0.05, 0) is 6.42 Å². The SMILES string of the molecule is C=C1NC(=O)CCC1N. The van der Waals surface area contributed by atoms with Gasteiger partial charge in [-0.1, -0.05) is 6.58 Å². The summed E-state index contributed by atoms with van der Waals surface area (Å²) in [6.07, 6.45) is 1.25. The highest BCUT2D eigenvalue weighted by molar-refractivity contribution is 5.79. The molecule has 9 heavy (non-hydrogen) atoms. The Balaban J connectivity index is 2.54. The van der Waals surface area contributed by atoms with Gasteiger partial charge in [-0.25, -0.2) is 0 Å². The predicted molar refractivity (Wildman–Crippen MR) is 34.5 cm³/mol. The van der Waals surface area contributed by atoms with Crippen molar-refractivity contribution in [3.63, 3.8) is 0 Å². The van der Waals surface area contributed by atoms with Gasteiger partial charge in [0.15, 0.2) is 0 Å². The Hall–Kier alpha value is -0.830. The van der Waals surface area contributed by atoms with Crippen LogP contribution >= 0.6 is 0 Å². The standard InChI is InChI=1S/C6H10N2O/c1-4-5(7)2-3-6(9)8-4/h5H,1-3,7H2,(H,8,9). The normalized spacial score (nSPS) is 27.9. The summed E-state index contributed by atoms with van der Waals surface area (Å²) in [6.45, 7) is 3.59. The van der Waals surface area contributed by atoms with E-state index in [1.54, 1.807) is 0 Å². The van der Waals surface area contributed by atoms with Crippen molar-refractivity contribution in [3.05, 3.63) is 12.3 Å². The highest BCUT2D eigenvalue weighted by atomic mass is 16.1. The van der Waals surface area contributed by atoms with Crippen molar-refractivity contribution < 1.29 is 4.79 Å². The lowest BCUT2D eigenvalue weighted by Crippen LogP contribution is -2.39. The second kappa shape index (κ2) is 2.19. The molecule has 1 saturated heterocycles. The van der Waals surface area contributed by atoms with Crippen LogP contribution in [0.5, 0.6) is 0 Å². The fourth-order valence-corrected chi connectivity index (χ4v) is 0.795. The van der Waals surface area contributed by atoms with Crippen LogP contribution in [0.4, 0.5) is 0 Å². The van der Waals surface area contributed by atoms with Crippen LogP contribution in [-0.4, -0.2) is 11.9 Å². The lowest BCUT2D eigenvalue weighted by Gasteiger charge is -2.20. The monoisotopic (exact) mass is 126 g/mol. The summed E-state index contributed by atoms with van der Waals surface area (Å²) in [5, 5.41) is 2.57. The van der Waals surface area contributed by atoms with E-state index in [0.29, 0.717) is 12.1 Å². The Bertz CT molecular complexity index is 153. The van der Waals surface area contributed by atoms with Crippen LogP contribution in [0.25, 0.3) is 0 Å². The number of nitrogens with one attached hydrogen (secondary N) is 1. The van der Waals surface area contributed by atoms with Gasteiger partial charge in [0.25, 0.3) is 0 Å². The van der Waals surface area contributed by atoms with Crippen LogP contribution in [0.1, 0.15) is 12.8 Å². The summed E-state index contributed by atoms with van der Waals surface area (Å²) in [6, 6.07) is -0.0392. The number of piperidine rings is 1. The number of carbonyl (C=O) groups excluding carboxylic acids is 1. The van der Waals surface area contributed by atoms with Crippen LogP contribution in [0.2, 0.25) is 0 Å². The van der Waals surface area contributed by atoms with E-state index in [9.17, 15) is 4.79 Å². The number of hydrogen-bond acceptors (Lipinski definition) is 2. The van der Waals surface area contributed by atoms with Crippen molar-refractivity contribution >= 4 is 5.91 Å². The second-order valence-electron chi connectivity index (χ2n) is 2.22. The van der Waals surface area contributed by atoms with Crippen molar-refractivity contribution in [2.75, 3.05) is 0 Å². The highest BCUT2D eigenvalue weighted by Gasteiger charge is 2.16. The molecule has 1 amide bonds. The fourth-order valence-electron chi connectivity index (χ4n) is 0.795. The molecule has 3 nitrogen and oxygen atoms in total. The summed E-state index contributed by atoms with van der Waals surface area (Å²) in [7, 11) is 0. The molecule has 0 saturated carbocycles. The van der Waals surface area contributed by atoms with Gasteiger partial charge >= 0.3 is 0 Å². The molecule has 1 atom stereocenters. The topological polar surface area (TPSA) is 55.1 Å². The molecule has 0 radical (unpaired) electrons. The average Bonchev–Trinajstić information content (AvgIpc) is 1.80. The zero-order valence-electron chi connectivity index (χ0n) is 5.18. The van der Waals surface area contributed by atoms with E-state index in [4.69, 9.17) is 5.73 Å². The van der Waals surface area contributed by atoms with Gasteiger partial charge in [-0.3, -0.25) is 4.79 Å². The lowest BCUT2D eigenvalue weighted by atomic mass is 10.1. The molecule has 3 heteroatoms. The maximum atomic E-state index is 10.6. The van der Waals surface area contributed by atoms with Crippen molar-refractivity contribution in [2.45, 2.75) is 18.9 Å². The molecule has 0 aliphatic carbocycles. The first-order valence-electron chi connectivity index (χ1n) is 2.94. The first kappa shape index (κ1) is 6.29.